The van der Waals surface area contributed by atoms with E-state index in [9.17, 15) is 4.79 Å². The van der Waals surface area contributed by atoms with E-state index in [4.69, 9.17) is 18.0 Å². The van der Waals surface area contributed by atoms with Crippen LogP contribution in [0.4, 0.5) is 0 Å². The molecule has 0 spiro atoms. The van der Waals surface area contributed by atoms with Crippen molar-refractivity contribution in [3.8, 4) is 0 Å². The first-order chi connectivity index (χ1) is 8.59. The van der Waals surface area contributed by atoms with Gasteiger partial charge in [-0.1, -0.05) is 12.2 Å². The van der Waals surface area contributed by atoms with Crippen LogP contribution in [0.1, 0.15) is 38.1 Å². The van der Waals surface area contributed by atoms with Crippen LogP contribution in [-0.4, -0.2) is 43.6 Å². The minimum absolute atomic E-state index is 0.0779. The molecule has 1 aliphatic rings. The van der Waals surface area contributed by atoms with E-state index in [1.165, 1.54) is 17.4 Å². The number of piperidine rings is 1. The van der Waals surface area contributed by atoms with Crippen LogP contribution in [0, 0.1) is 0 Å². The Morgan fingerprint density at radius 1 is 1.44 bits per heavy atom. The second-order valence-corrected chi connectivity index (χ2v) is 4.91. The molecule has 98 valence electrons. The van der Waals surface area contributed by atoms with E-state index in [-0.39, 0.29) is 16.9 Å². The molecule has 1 unspecified atom stereocenters. The molecule has 7 heteroatoms. The van der Waals surface area contributed by atoms with Crippen molar-refractivity contribution in [1.29, 1.82) is 0 Å². The van der Waals surface area contributed by atoms with E-state index in [0.29, 0.717) is 5.82 Å². The van der Waals surface area contributed by atoms with E-state index in [2.05, 4.69) is 10.1 Å². The number of carbonyl (C=O) groups excluding carboxylic acids is 1. The summed E-state index contributed by atoms with van der Waals surface area (Å²) in [4.78, 5) is 18.3. The van der Waals surface area contributed by atoms with Crippen molar-refractivity contribution in [2.75, 3.05) is 13.1 Å². The number of hydrogen-bond donors (Lipinski definition) is 1. The van der Waals surface area contributed by atoms with Crippen LogP contribution in [0.3, 0.4) is 0 Å². The molecule has 1 fully saturated rings. The molecule has 0 bridgehead atoms. The van der Waals surface area contributed by atoms with Gasteiger partial charge in [-0.3, -0.25) is 4.79 Å². The minimum atomic E-state index is -0.362. The Labute approximate surface area is 111 Å². The molecular formula is C11H17N5OS. The van der Waals surface area contributed by atoms with Crippen molar-refractivity contribution in [2.24, 2.45) is 5.73 Å². The summed E-state index contributed by atoms with van der Waals surface area (Å²) in [6.45, 7) is 3.48. The van der Waals surface area contributed by atoms with Gasteiger partial charge in [0.25, 0.3) is 0 Å². The lowest BCUT2D eigenvalue weighted by Crippen LogP contribution is -2.39. The fourth-order valence-corrected chi connectivity index (χ4v) is 2.16. The van der Waals surface area contributed by atoms with Gasteiger partial charge in [0.15, 0.2) is 0 Å². The van der Waals surface area contributed by atoms with Crippen molar-refractivity contribution in [3.05, 3.63) is 12.2 Å². The van der Waals surface area contributed by atoms with E-state index >= 15 is 0 Å². The number of likely N-dealkylation sites (tertiary alicyclic amines) is 1. The first-order valence-electron chi connectivity index (χ1n) is 6.09. The lowest BCUT2D eigenvalue weighted by molar-refractivity contribution is -0.135. The number of hydrogen-bond acceptors (Lipinski definition) is 4. The molecule has 1 aromatic heterocycles. The van der Waals surface area contributed by atoms with Gasteiger partial charge in [0.1, 0.15) is 17.4 Å². The number of nitrogens with two attached hydrogens (primary N) is 1. The van der Waals surface area contributed by atoms with Crippen molar-refractivity contribution in [3.63, 3.8) is 0 Å². The second-order valence-electron chi connectivity index (χ2n) is 4.47. The first-order valence-corrected chi connectivity index (χ1v) is 6.50. The molecule has 2 heterocycles. The Morgan fingerprint density at radius 3 is 2.67 bits per heavy atom. The van der Waals surface area contributed by atoms with E-state index in [0.717, 1.165) is 25.9 Å². The summed E-state index contributed by atoms with van der Waals surface area (Å²) in [5.41, 5.74) is 5.44. The van der Waals surface area contributed by atoms with Crippen LogP contribution in [0.15, 0.2) is 6.33 Å². The largest absolute Gasteiger partial charge is 0.387 e. The third-order valence-electron chi connectivity index (χ3n) is 3.15. The summed E-state index contributed by atoms with van der Waals surface area (Å²) < 4.78 is 1.52. The highest BCUT2D eigenvalue weighted by Gasteiger charge is 2.24. The molecule has 18 heavy (non-hydrogen) atoms. The number of thiocarbonyl (C=S) groups is 1. The Hall–Kier alpha value is -1.50. The fourth-order valence-electron chi connectivity index (χ4n) is 2.07. The maximum absolute atomic E-state index is 12.3. The molecule has 0 aliphatic carbocycles. The molecule has 2 rings (SSSR count). The normalized spacial score (nSPS) is 17.5. The van der Waals surface area contributed by atoms with Crippen LogP contribution < -0.4 is 5.73 Å². The van der Waals surface area contributed by atoms with Gasteiger partial charge >= 0.3 is 0 Å². The molecule has 1 aliphatic heterocycles. The highest BCUT2D eigenvalue weighted by Crippen LogP contribution is 2.14. The third kappa shape index (κ3) is 2.66. The monoisotopic (exact) mass is 267 g/mol. The van der Waals surface area contributed by atoms with E-state index in [1.54, 1.807) is 0 Å². The van der Waals surface area contributed by atoms with Gasteiger partial charge in [-0.15, -0.1) is 5.10 Å². The van der Waals surface area contributed by atoms with Crippen LogP contribution >= 0.6 is 12.2 Å². The average Bonchev–Trinajstić information content (AvgIpc) is 2.88. The lowest BCUT2D eigenvalue weighted by Gasteiger charge is -2.29. The maximum atomic E-state index is 12.3. The summed E-state index contributed by atoms with van der Waals surface area (Å²) in [6, 6.07) is -0.362. The highest BCUT2D eigenvalue weighted by molar-refractivity contribution is 7.80. The standard InChI is InChI=1S/C11H17N5OS/c1-8(11(17)15-5-3-2-4-6-15)16-7-13-10(14-16)9(12)18/h7-8H,2-6H2,1H3,(H2,12,18). The second kappa shape index (κ2) is 5.43. The highest BCUT2D eigenvalue weighted by atomic mass is 32.1. The molecule has 1 atom stereocenters. The number of aromatic nitrogens is 3. The summed E-state index contributed by atoms with van der Waals surface area (Å²) in [5.74, 6) is 0.386. The molecule has 1 saturated heterocycles. The van der Waals surface area contributed by atoms with E-state index in [1.807, 2.05) is 11.8 Å². The van der Waals surface area contributed by atoms with Gasteiger partial charge in [0.05, 0.1) is 0 Å². The fraction of sp³-hybridized carbons (Fsp3) is 0.636. The number of nitrogens with zero attached hydrogens (tertiary/aromatic N) is 4. The van der Waals surface area contributed by atoms with Gasteiger partial charge in [-0.25, -0.2) is 9.67 Å². The summed E-state index contributed by atoms with van der Waals surface area (Å²) >= 11 is 4.80. The van der Waals surface area contributed by atoms with Crippen LogP contribution in [0.5, 0.6) is 0 Å². The van der Waals surface area contributed by atoms with Crippen LogP contribution in [-0.2, 0) is 4.79 Å². The molecule has 2 N–H and O–H groups in total. The molecular weight excluding hydrogens is 250 g/mol. The third-order valence-corrected chi connectivity index (χ3v) is 3.33. The van der Waals surface area contributed by atoms with Crippen molar-refractivity contribution < 1.29 is 4.79 Å². The van der Waals surface area contributed by atoms with Gasteiger partial charge in [0.2, 0.25) is 11.7 Å². The molecule has 0 saturated carbocycles. The molecule has 1 amide bonds. The molecule has 1 aromatic rings. The van der Waals surface area contributed by atoms with Crippen molar-refractivity contribution >= 4 is 23.1 Å². The zero-order valence-corrected chi connectivity index (χ0v) is 11.2. The van der Waals surface area contributed by atoms with Gasteiger partial charge in [-0.2, -0.15) is 0 Å². The smallest absolute Gasteiger partial charge is 0.247 e. The number of amides is 1. The van der Waals surface area contributed by atoms with E-state index < -0.39 is 0 Å². The minimum Gasteiger partial charge on any atom is -0.387 e. The number of rotatable bonds is 3. The van der Waals surface area contributed by atoms with Crippen molar-refractivity contribution in [1.82, 2.24) is 19.7 Å². The zero-order valence-electron chi connectivity index (χ0n) is 10.4. The summed E-state index contributed by atoms with van der Waals surface area (Å²) in [7, 11) is 0. The van der Waals surface area contributed by atoms with Crippen LogP contribution in [0.25, 0.3) is 0 Å². The molecule has 6 nitrogen and oxygen atoms in total. The maximum Gasteiger partial charge on any atom is 0.247 e. The van der Waals surface area contributed by atoms with Gasteiger partial charge < -0.3 is 10.6 Å². The topological polar surface area (TPSA) is 77.0 Å². The predicted octanol–water partition coefficient (Wildman–Crippen LogP) is 0.486. The number of carbonyl (C=O) groups is 1. The summed E-state index contributed by atoms with van der Waals surface area (Å²) in [5, 5.41) is 4.12. The Morgan fingerprint density at radius 2 is 2.11 bits per heavy atom. The summed E-state index contributed by atoms with van der Waals surface area (Å²) in [6.07, 6.45) is 4.86. The van der Waals surface area contributed by atoms with Gasteiger partial charge in [-0.05, 0) is 26.2 Å². The lowest BCUT2D eigenvalue weighted by atomic mass is 10.1. The Balaban J connectivity index is 2.06. The molecule has 0 aromatic carbocycles. The Bertz CT molecular complexity index is 452. The quantitative estimate of drug-likeness (QED) is 0.806. The van der Waals surface area contributed by atoms with Crippen LogP contribution in [0.2, 0.25) is 0 Å². The van der Waals surface area contributed by atoms with Gasteiger partial charge in [0, 0.05) is 13.1 Å². The average molecular weight is 267 g/mol. The Kier molecular flexibility index (Phi) is 3.90. The zero-order chi connectivity index (χ0) is 13.1. The molecule has 0 radical (unpaired) electrons. The SMILES string of the molecule is CC(C(=O)N1CCCCC1)n1cnc(C(N)=S)n1. The van der Waals surface area contributed by atoms with Crippen molar-refractivity contribution in [2.45, 2.75) is 32.2 Å². The first kappa shape index (κ1) is 12.9. The predicted molar refractivity (Wildman–Crippen MR) is 71.1 cm³/mol.